The summed E-state index contributed by atoms with van der Waals surface area (Å²) >= 11 is 0. The van der Waals surface area contributed by atoms with Crippen molar-refractivity contribution in [3.05, 3.63) is 42.0 Å². The van der Waals surface area contributed by atoms with E-state index in [1.165, 1.54) is 14.2 Å². The Balaban J connectivity index is 2.12. The molecular formula is C17H19N3O4. The molecule has 0 aliphatic heterocycles. The van der Waals surface area contributed by atoms with Gasteiger partial charge in [0.05, 0.1) is 31.3 Å². The van der Waals surface area contributed by atoms with Gasteiger partial charge in [0.2, 0.25) is 0 Å². The molecule has 7 nitrogen and oxygen atoms in total. The van der Waals surface area contributed by atoms with Gasteiger partial charge in [-0.2, -0.15) is 0 Å². The van der Waals surface area contributed by atoms with Crippen molar-refractivity contribution >= 4 is 28.9 Å². The molecule has 0 saturated carbocycles. The number of hydrogen-bond donors (Lipinski definition) is 3. The minimum Gasteiger partial charge on any atom is -0.497 e. The van der Waals surface area contributed by atoms with Crippen LogP contribution in [0.2, 0.25) is 0 Å². The number of nitrogen functional groups attached to an aromatic ring is 1. The zero-order valence-electron chi connectivity index (χ0n) is 13.7. The summed E-state index contributed by atoms with van der Waals surface area (Å²) in [6, 6.07) is 10.0. The number of hydrogen-bond acceptors (Lipinski definition) is 5. The minimum absolute atomic E-state index is 0.357. The molecule has 0 unspecified atom stereocenters. The van der Waals surface area contributed by atoms with E-state index < -0.39 is 11.8 Å². The molecular weight excluding hydrogens is 310 g/mol. The maximum Gasteiger partial charge on any atom is 0.314 e. The number of amides is 2. The highest BCUT2D eigenvalue weighted by Gasteiger charge is 2.17. The van der Waals surface area contributed by atoms with Gasteiger partial charge in [-0.1, -0.05) is 6.07 Å². The molecule has 0 fully saturated rings. The van der Waals surface area contributed by atoms with E-state index in [2.05, 4.69) is 10.6 Å². The van der Waals surface area contributed by atoms with E-state index in [9.17, 15) is 9.59 Å². The Morgan fingerprint density at radius 1 is 0.917 bits per heavy atom. The Hall–Kier alpha value is -3.22. The second-order valence-electron chi connectivity index (χ2n) is 5.07. The zero-order valence-corrected chi connectivity index (χ0v) is 13.7. The Kier molecular flexibility index (Phi) is 5.26. The van der Waals surface area contributed by atoms with E-state index in [1.807, 2.05) is 13.0 Å². The number of benzene rings is 2. The van der Waals surface area contributed by atoms with Crippen molar-refractivity contribution in [1.82, 2.24) is 0 Å². The first kappa shape index (κ1) is 17.1. The van der Waals surface area contributed by atoms with Crippen LogP contribution in [0.15, 0.2) is 36.4 Å². The van der Waals surface area contributed by atoms with Gasteiger partial charge in [0.1, 0.15) is 11.5 Å². The van der Waals surface area contributed by atoms with Gasteiger partial charge in [0.15, 0.2) is 0 Å². The number of ether oxygens (including phenoxy) is 2. The number of nitrogens with one attached hydrogen (secondary N) is 2. The fourth-order valence-corrected chi connectivity index (χ4v) is 2.04. The number of carbonyl (C=O) groups is 2. The summed E-state index contributed by atoms with van der Waals surface area (Å²) in [7, 11) is 2.98. The summed E-state index contributed by atoms with van der Waals surface area (Å²) in [5.74, 6) is -0.711. The smallest absolute Gasteiger partial charge is 0.314 e. The van der Waals surface area contributed by atoms with E-state index >= 15 is 0 Å². The fraction of sp³-hybridized carbons (Fsp3) is 0.176. The highest BCUT2D eigenvalue weighted by molar-refractivity contribution is 6.44. The van der Waals surface area contributed by atoms with Crippen LogP contribution in [0, 0.1) is 6.92 Å². The molecule has 0 aromatic heterocycles. The first-order valence-electron chi connectivity index (χ1n) is 7.15. The molecule has 2 aromatic carbocycles. The molecule has 2 aromatic rings. The van der Waals surface area contributed by atoms with Gasteiger partial charge in [-0.15, -0.1) is 0 Å². The average molecular weight is 329 g/mol. The quantitative estimate of drug-likeness (QED) is 0.589. The largest absolute Gasteiger partial charge is 0.497 e. The molecule has 0 radical (unpaired) electrons. The molecule has 4 N–H and O–H groups in total. The maximum atomic E-state index is 12.1. The van der Waals surface area contributed by atoms with E-state index in [-0.39, 0.29) is 0 Å². The molecule has 0 bridgehead atoms. The lowest BCUT2D eigenvalue weighted by Crippen LogP contribution is -2.29. The predicted molar refractivity (Wildman–Crippen MR) is 92.4 cm³/mol. The fourth-order valence-electron chi connectivity index (χ4n) is 2.04. The van der Waals surface area contributed by atoms with Crippen molar-refractivity contribution in [2.24, 2.45) is 0 Å². The van der Waals surface area contributed by atoms with Crippen LogP contribution in [0.3, 0.4) is 0 Å². The highest BCUT2D eigenvalue weighted by Crippen LogP contribution is 2.29. The molecule has 24 heavy (non-hydrogen) atoms. The molecule has 7 heteroatoms. The van der Waals surface area contributed by atoms with Gasteiger partial charge < -0.3 is 25.8 Å². The summed E-state index contributed by atoms with van der Waals surface area (Å²) in [5.41, 5.74) is 7.82. The summed E-state index contributed by atoms with van der Waals surface area (Å²) in [6.45, 7) is 1.86. The highest BCUT2D eigenvalue weighted by atomic mass is 16.5. The van der Waals surface area contributed by atoms with E-state index in [0.29, 0.717) is 28.6 Å². The molecule has 0 heterocycles. The second-order valence-corrected chi connectivity index (χ2v) is 5.07. The Labute approximate surface area is 139 Å². The predicted octanol–water partition coefficient (Wildman–Crippen LogP) is 2.17. The lowest BCUT2D eigenvalue weighted by Gasteiger charge is -2.12. The summed E-state index contributed by atoms with van der Waals surface area (Å²) in [5, 5.41) is 4.98. The first-order chi connectivity index (χ1) is 11.4. The number of nitrogens with two attached hydrogens (primary N) is 1. The van der Waals surface area contributed by atoms with Crippen molar-refractivity contribution < 1.29 is 19.1 Å². The maximum absolute atomic E-state index is 12.1. The van der Waals surface area contributed by atoms with Crippen LogP contribution >= 0.6 is 0 Å². The van der Waals surface area contributed by atoms with Crippen LogP contribution < -0.4 is 25.8 Å². The van der Waals surface area contributed by atoms with Crippen LogP contribution in [0.4, 0.5) is 17.1 Å². The molecule has 0 atom stereocenters. The van der Waals surface area contributed by atoms with E-state index in [4.69, 9.17) is 15.2 Å². The van der Waals surface area contributed by atoms with E-state index in [0.717, 1.165) is 5.56 Å². The van der Waals surface area contributed by atoms with Crippen LogP contribution in [0.1, 0.15) is 5.56 Å². The van der Waals surface area contributed by atoms with Gasteiger partial charge in [-0.25, -0.2) is 0 Å². The van der Waals surface area contributed by atoms with Gasteiger partial charge >= 0.3 is 11.8 Å². The number of methoxy groups -OCH3 is 2. The SMILES string of the molecule is COc1ccc(NC(=O)C(=O)Nc2cc(C)ccc2N)c(OC)c1. The number of rotatable bonds is 4. The lowest BCUT2D eigenvalue weighted by molar-refractivity contribution is -0.133. The van der Waals surface area contributed by atoms with Crippen molar-refractivity contribution in [1.29, 1.82) is 0 Å². The second kappa shape index (κ2) is 7.36. The molecule has 126 valence electrons. The first-order valence-corrected chi connectivity index (χ1v) is 7.15. The lowest BCUT2D eigenvalue weighted by atomic mass is 10.2. The van der Waals surface area contributed by atoms with Crippen LogP contribution in [0.25, 0.3) is 0 Å². The normalized spacial score (nSPS) is 9.96. The standard InChI is InChI=1S/C17H19N3O4/c1-10-4-6-12(18)14(8-10)20-17(22)16(21)19-13-7-5-11(23-2)9-15(13)24-3/h4-9H,18H2,1-3H3,(H,19,21)(H,20,22). The van der Waals surface area contributed by atoms with Crippen molar-refractivity contribution in [3.8, 4) is 11.5 Å². The van der Waals surface area contributed by atoms with Crippen molar-refractivity contribution in [2.75, 3.05) is 30.6 Å². The molecule has 0 spiro atoms. The topological polar surface area (TPSA) is 103 Å². The molecule has 0 aliphatic rings. The van der Waals surface area contributed by atoms with Crippen LogP contribution in [-0.2, 0) is 9.59 Å². The summed E-state index contributed by atoms with van der Waals surface area (Å²) in [6.07, 6.45) is 0. The Morgan fingerprint density at radius 3 is 2.21 bits per heavy atom. The molecule has 0 saturated heterocycles. The Morgan fingerprint density at radius 2 is 1.58 bits per heavy atom. The van der Waals surface area contributed by atoms with Gasteiger partial charge in [-0.3, -0.25) is 9.59 Å². The van der Waals surface area contributed by atoms with Crippen LogP contribution in [-0.4, -0.2) is 26.0 Å². The van der Waals surface area contributed by atoms with Crippen molar-refractivity contribution in [3.63, 3.8) is 0 Å². The van der Waals surface area contributed by atoms with Gasteiger partial charge in [-0.05, 0) is 36.8 Å². The third-order valence-electron chi connectivity index (χ3n) is 3.32. The molecule has 0 aliphatic carbocycles. The zero-order chi connectivity index (χ0) is 17.7. The van der Waals surface area contributed by atoms with Gasteiger partial charge in [0.25, 0.3) is 0 Å². The van der Waals surface area contributed by atoms with Gasteiger partial charge in [0, 0.05) is 6.07 Å². The average Bonchev–Trinajstić information content (AvgIpc) is 2.58. The summed E-state index contributed by atoms with van der Waals surface area (Å²) < 4.78 is 10.3. The minimum atomic E-state index is -0.834. The molecule has 2 rings (SSSR count). The summed E-state index contributed by atoms with van der Waals surface area (Å²) in [4.78, 5) is 24.1. The third kappa shape index (κ3) is 3.95. The number of anilines is 3. The molecule has 2 amide bonds. The van der Waals surface area contributed by atoms with Crippen molar-refractivity contribution in [2.45, 2.75) is 6.92 Å². The van der Waals surface area contributed by atoms with Crippen LogP contribution in [0.5, 0.6) is 11.5 Å². The van der Waals surface area contributed by atoms with E-state index in [1.54, 1.807) is 30.3 Å². The monoisotopic (exact) mass is 329 g/mol. The third-order valence-corrected chi connectivity index (χ3v) is 3.32. The Bertz CT molecular complexity index is 774. The number of carbonyl (C=O) groups excluding carboxylic acids is 2. The number of aryl methyl sites for hydroxylation is 1.